The van der Waals surface area contributed by atoms with Gasteiger partial charge in [0.05, 0.1) is 24.2 Å². The number of pyridine rings is 2. The number of hydrogen-bond donors (Lipinski definition) is 3. The zero-order valence-corrected chi connectivity index (χ0v) is 16.4. The second kappa shape index (κ2) is 6.57. The van der Waals surface area contributed by atoms with Crippen molar-refractivity contribution in [2.24, 2.45) is 5.41 Å². The molecular formula is C22H27N5O. The Labute approximate surface area is 165 Å². The van der Waals surface area contributed by atoms with Crippen LogP contribution in [0, 0.1) is 5.41 Å². The van der Waals surface area contributed by atoms with Gasteiger partial charge in [0.1, 0.15) is 11.5 Å². The van der Waals surface area contributed by atoms with Gasteiger partial charge in [0.15, 0.2) is 0 Å². The van der Waals surface area contributed by atoms with Gasteiger partial charge in [-0.2, -0.15) is 0 Å². The summed E-state index contributed by atoms with van der Waals surface area (Å²) in [6.07, 6.45) is 6.42. The first-order valence-corrected chi connectivity index (χ1v) is 10.1. The second-order valence-corrected chi connectivity index (χ2v) is 8.78. The zero-order valence-electron chi connectivity index (χ0n) is 16.4. The van der Waals surface area contributed by atoms with E-state index in [2.05, 4.69) is 40.1 Å². The topological polar surface area (TPSA) is 74.5 Å². The minimum Gasteiger partial charge on any atom is -0.392 e. The largest absolute Gasteiger partial charge is 0.392 e. The van der Waals surface area contributed by atoms with Gasteiger partial charge in [-0.05, 0) is 53.5 Å². The number of nitrogens with one attached hydrogen (secondary N) is 2. The van der Waals surface area contributed by atoms with Gasteiger partial charge < -0.3 is 15.7 Å². The molecule has 2 fully saturated rings. The summed E-state index contributed by atoms with van der Waals surface area (Å²) in [7, 11) is 0. The van der Waals surface area contributed by atoms with Gasteiger partial charge in [0.2, 0.25) is 0 Å². The van der Waals surface area contributed by atoms with Gasteiger partial charge >= 0.3 is 0 Å². The molecule has 1 unspecified atom stereocenters. The first-order chi connectivity index (χ1) is 13.5. The van der Waals surface area contributed by atoms with E-state index < -0.39 is 0 Å². The van der Waals surface area contributed by atoms with E-state index in [0.717, 1.165) is 41.5 Å². The van der Waals surface area contributed by atoms with Crippen LogP contribution >= 0.6 is 0 Å². The van der Waals surface area contributed by atoms with E-state index in [9.17, 15) is 5.11 Å². The maximum absolute atomic E-state index is 9.73. The van der Waals surface area contributed by atoms with Crippen molar-refractivity contribution in [1.29, 1.82) is 0 Å². The first kappa shape index (κ1) is 17.6. The van der Waals surface area contributed by atoms with E-state index in [1.165, 1.54) is 18.4 Å². The molecule has 3 aromatic heterocycles. The summed E-state index contributed by atoms with van der Waals surface area (Å²) in [5.74, 6) is 1.46. The summed E-state index contributed by atoms with van der Waals surface area (Å²) < 4.78 is 2.11. The maximum Gasteiger partial charge on any atom is 0.137 e. The Kier molecular flexibility index (Phi) is 4.14. The molecule has 0 aromatic carbocycles. The van der Waals surface area contributed by atoms with Crippen molar-refractivity contribution in [3.8, 4) is 11.4 Å². The number of aromatic nitrogens is 3. The lowest BCUT2D eigenvalue weighted by Crippen LogP contribution is -2.34. The van der Waals surface area contributed by atoms with Crippen molar-refractivity contribution in [2.75, 3.05) is 18.4 Å². The molecule has 0 spiro atoms. The maximum atomic E-state index is 9.73. The molecule has 0 bridgehead atoms. The molecule has 4 heterocycles. The highest BCUT2D eigenvalue weighted by Crippen LogP contribution is 2.42. The van der Waals surface area contributed by atoms with Crippen LogP contribution < -0.4 is 10.6 Å². The van der Waals surface area contributed by atoms with Crippen molar-refractivity contribution in [1.82, 2.24) is 19.7 Å². The van der Waals surface area contributed by atoms with Crippen molar-refractivity contribution in [3.05, 3.63) is 47.8 Å². The number of anilines is 1. The Morgan fingerprint density at radius 1 is 1.32 bits per heavy atom. The molecule has 5 rings (SSSR count). The number of imidazole rings is 1. The van der Waals surface area contributed by atoms with Crippen molar-refractivity contribution in [3.63, 3.8) is 0 Å². The number of aliphatic hydroxyl groups is 1. The van der Waals surface area contributed by atoms with Gasteiger partial charge in [-0.25, -0.2) is 9.97 Å². The van der Waals surface area contributed by atoms with Crippen LogP contribution in [0.4, 0.5) is 5.82 Å². The molecule has 1 aliphatic carbocycles. The third kappa shape index (κ3) is 3.06. The normalized spacial score (nSPS) is 21.3. The lowest BCUT2D eigenvalue weighted by Gasteiger charge is -2.27. The molecule has 1 aliphatic heterocycles. The lowest BCUT2D eigenvalue weighted by molar-refractivity contribution is 0.280. The molecule has 2 aliphatic rings. The quantitative estimate of drug-likeness (QED) is 0.637. The molecule has 3 N–H and O–H groups in total. The SMILES string of the molecule is CC1(C)CNCC1Nc1cccc(-c2cnc3cc(CO)c(C4CC4)cn23)n1. The minimum absolute atomic E-state index is 0.0629. The highest BCUT2D eigenvalue weighted by molar-refractivity contribution is 5.63. The molecule has 1 saturated heterocycles. The molecule has 1 atom stereocenters. The highest BCUT2D eigenvalue weighted by atomic mass is 16.3. The number of aliphatic hydroxyl groups excluding tert-OH is 1. The molecule has 6 heteroatoms. The predicted molar refractivity (Wildman–Crippen MR) is 110 cm³/mol. The molecule has 3 aromatic rings. The summed E-state index contributed by atoms with van der Waals surface area (Å²) >= 11 is 0. The Morgan fingerprint density at radius 2 is 2.18 bits per heavy atom. The Morgan fingerprint density at radius 3 is 2.89 bits per heavy atom. The molecule has 28 heavy (non-hydrogen) atoms. The molecule has 0 radical (unpaired) electrons. The van der Waals surface area contributed by atoms with Crippen LogP contribution in [-0.2, 0) is 6.61 Å². The van der Waals surface area contributed by atoms with Crippen molar-refractivity contribution < 1.29 is 5.11 Å². The van der Waals surface area contributed by atoms with Crippen LogP contribution in [0.1, 0.15) is 43.7 Å². The highest BCUT2D eigenvalue weighted by Gasteiger charge is 2.34. The summed E-state index contributed by atoms with van der Waals surface area (Å²) in [5.41, 5.74) is 5.16. The van der Waals surface area contributed by atoms with Gasteiger partial charge in [-0.15, -0.1) is 0 Å². The van der Waals surface area contributed by atoms with Crippen molar-refractivity contribution >= 4 is 11.5 Å². The molecule has 6 nitrogen and oxygen atoms in total. The smallest absolute Gasteiger partial charge is 0.137 e. The van der Waals surface area contributed by atoms with Crippen molar-refractivity contribution in [2.45, 2.75) is 45.3 Å². The minimum atomic E-state index is 0.0629. The fourth-order valence-corrected chi connectivity index (χ4v) is 4.19. The Bertz CT molecular complexity index is 1020. The zero-order chi connectivity index (χ0) is 19.3. The second-order valence-electron chi connectivity index (χ2n) is 8.78. The third-order valence-corrected chi connectivity index (χ3v) is 6.16. The molecule has 0 amide bonds. The van der Waals surface area contributed by atoms with Gasteiger partial charge in [-0.1, -0.05) is 19.9 Å². The van der Waals surface area contributed by atoms with E-state index in [4.69, 9.17) is 4.98 Å². The predicted octanol–water partition coefficient (Wildman–Crippen LogP) is 3.18. The number of hydrogen-bond acceptors (Lipinski definition) is 5. The van der Waals surface area contributed by atoms with Gasteiger partial charge in [0.25, 0.3) is 0 Å². The van der Waals surface area contributed by atoms with E-state index in [1.54, 1.807) is 0 Å². The lowest BCUT2D eigenvalue weighted by atomic mass is 9.88. The monoisotopic (exact) mass is 377 g/mol. The average molecular weight is 377 g/mol. The van der Waals surface area contributed by atoms with Crippen LogP contribution in [0.15, 0.2) is 36.7 Å². The molecule has 1 saturated carbocycles. The van der Waals surface area contributed by atoms with E-state index in [1.807, 2.05) is 30.5 Å². The Balaban J connectivity index is 1.51. The standard InChI is InChI=1S/C22H27N5O/c1-22(2)13-23-10-19(22)26-20-5-3-4-17(25-20)18-9-24-21-8-15(12-28)16(11-27(18)21)14-6-7-14/h3-5,8-9,11,14,19,23,28H,6-7,10,12-13H2,1-2H3,(H,25,26). The fourth-order valence-electron chi connectivity index (χ4n) is 4.19. The first-order valence-electron chi connectivity index (χ1n) is 10.1. The van der Waals surface area contributed by atoms with Gasteiger partial charge in [0, 0.05) is 25.3 Å². The van der Waals surface area contributed by atoms with Gasteiger partial charge in [-0.3, -0.25) is 4.40 Å². The summed E-state index contributed by atoms with van der Waals surface area (Å²) in [4.78, 5) is 9.44. The van der Waals surface area contributed by atoms with E-state index in [-0.39, 0.29) is 12.0 Å². The number of nitrogens with zero attached hydrogens (tertiary/aromatic N) is 3. The Hall–Kier alpha value is -2.44. The van der Waals surface area contributed by atoms with Crippen LogP contribution in [0.2, 0.25) is 0 Å². The molecule has 146 valence electrons. The van der Waals surface area contributed by atoms with E-state index in [0.29, 0.717) is 12.0 Å². The van der Waals surface area contributed by atoms with Crippen LogP contribution in [0.25, 0.3) is 17.0 Å². The summed E-state index contributed by atoms with van der Waals surface area (Å²) in [6.45, 7) is 6.57. The van der Waals surface area contributed by atoms with Crippen LogP contribution in [0.5, 0.6) is 0 Å². The fraction of sp³-hybridized carbons (Fsp3) is 0.455. The van der Waals surface area contributed by atoms with Crippen LogP contribution in [0.3, 0.4) is 0 Å². The third-order valence-electron chi connectivity index (χ3n) is 6.16. The number of fused-ring (bicyclic) bond motifs is 1. The van der Waals surface area contributed by atoms with E-state index >= 15 is 0 Å². The van der Waals surface area contributed by atoms with Crippen LogP contribution in [-0.4, -0.2) is 38.6 Å². The average Bonchev–Trinajstić information content (AvgIpc) is 3.37. The molecular weight excluding hydrogens is 350 g/mol. The summed E-state index contributed by atoms with van der Waals surface area (Å²) in [6, 6.07) is 8.46. The summed E-state index contributed by atoms with van der Waals surface area (Å²) in [5, 5.41) is 16.8. The number of rotatable bonds is 5.